The molecule has 0 spiro atoms. The summed E-state index contributed by atoms with van der Waals surface area (Å²) >= 11 is 0. The second-order valence-corrected chi connectivity index (χ2v) is 7.36. The van der Waals surface area contributed by atoms with Gasteiger partial charge in [0, 0.05) is 11.1 Å². The van der Waals surface area contributed by atoms with Gasteiger partial charge in [0.2, 0.25) is 0 Å². The van der Waals surface area contributed by atoms with E-state index in [1.807, 2.05) is 0 Å². The monoisotopic (exact) mass is 443 g/mol. The molecule has 10 heteroatoms. The molecule has 1 N–H and O–H groups in total. The third-order valence-corrected chi connectivity index (χ3v) is 5.19. The molecular formula is C21H19F6N3O. The van der Waals surface area contributed by atoms with Crippen molar-refractivity contribution in [1.29, 1.82) is 0 Å². The van der Waals surface area contributed by atoms with E-state index < -0.39 is 35.0 Å². The van der Waals surface area contributed by atoms with Crippen LogP contribution in [0, 0.1) is 0 Å². The minimum atomic E-state index is -4.87. The van der Waals surface area contributed by atoms with Gasteiger partial charge in [-0.1, -0.05) is 25.5 Å². The summed E-state index contributed by atoms with van der Waals surface area (Å²) in [6.45, 7) is 1.68. The van der Waals surface area contributed by atoms with Gasteiger partial charge in [0.05, 0.1) is 22.8 Å². The summed E-state index contributed by atoms with van der Waals surface area (Å²) in [6.07, 6.45) is -5.38. The smallest absolute Gasteiger partial charge is 0.298 e. The van der Waals surface area contributed by atoms with Crippen molar-refractivity contribution >= 4 is 17.2 Å². The zero-order valence-electron chi connectivity index (χ0n) is 16.4. The van der Waals surface area contributed by atoms with Gasteiger partial charge in [0.25, 0.3) is 0 Å². The highest BCUT2D eigenvalue weighted by atomic mass is 19.4. The summed E-state index contributed by atoms with van der Waals surface area (Å²) in [4.78, 5) is 14.2. The van der Waals surface area contributed by atoms with Crippen LogP contribution in [0.5, 0.6) is 0 Å². The van der Waals surface area contributed by atoms with Crippen LogP contribution in [0.2, 0.25) is 0 Å². The zero-order valence-corrected chi connectivity index (χ0v) is 16.4. The fourth-order valence-corrected chi connectivity index (χ4v) is 3.59. The van der Waals surface area contributed by atoms with Gasteiger partial charge in [0.15, 0.2) is 6.29 Å². The van der Waals surface area contributed by atoms with Gasteiger partial charge in [-0.3, -0.25) is 9.89 Å². The van der Waals surface area contributed by atoms with Crippen LogP contribution in [-0.4, -0.2) is 21.5 Å². The van der Waals surface area contributed by atoms with E-state index in [4.69, 9.17) is 0 Å². The lowest BCUT2D eigenvalue weighted by Crippen LogP contribution is -2.13. The minimum absolute atomic E-state index is 0.0622. The van der Waals surface area contributed by atoms with Gasteiger partial charge >= 0.3 is 12.4 Å². The quantitative estimate of drug-likeness (QED) is 0.264. The SMILES string of the molecule is CC(CCCCc1[nH]ncc1C=O)c1cc(C(F)(F)F)nc2c(C(F)(F)F)cccc12. The maximum atomic E-state index is 13.4. The number of aldehydes is 1. The fraction of sp³-hybridized carbons (Fsp3) is 0.381. The summed E-state index contributed by atoms with van der Waals surface area (Å²) < 4.78 is 80.1. The average Bonchev–Trinajstić information content (AvgIpc) is 3.15. The predicted octanol–water partition coefficient (Wildman–Crippen LogP) is 6.32. The van der Waals surface area contributed by atoms with Gasteiger partial charge in [0.1, 0.15) is 5.69 Å². The van der Waals surface area contributed by atoms with E-state index in [9.17, 15) is 31.1 Å². The summed E-state index contributed by atoms with van der Waals surface area (Å²) in [5.41, 5.74) is -1.93. The molecule has 0 radical (unpaired) electrons. The average molecular weight is 443 g/mol. The van der Waals surface area contributed by atoms with E-state index in [0.717, 1.165) is 12.1 Å². The second-order valence-electron chi connectivity index (χ2n) is 7.36. The number of halogens is 6. The number of aromatic amines is 1. The van der Waals surface area contributed by atoms with Crippen molar-refractivity contribution in [2.75, 3.05) is 0 Å². The van der Waals surface area contributed by atoms with Gasteiger partial charge in [-0.05, 0) is 42.9 Å². The van der Waals surface area contributed by atoms with Crippen molar-refractivity contribution in [3.05, 3.63) is 58.5 Å². The molecule has 1 atom stereocenters. The molecule has 3 rings (SSSR count). The number of fused-ring (bicyclic) bond motifs is 1. The molecule has 4 nitrogen and oxygen atoms in total. The first kappa shape index (κ1) is 22.8. The number of rotatable bonds is 7. The van der Waals surface area contributed by atoms with Crippen molar-refractivity contribution < 1.29 is 31.1 Å². The Morgan fingerprint density at radius 3 is 2.48 bits per heavy atom. The molecule has 0 aliphatic rings. The number of carbonyl (C=O) groups is 1. The van der Waals surface area contributed by atoms with Gasteiger partial charge < -0.3 is 0 Å². The first-order valence-corrected chi connectivity index (χ1v) is 9.58. The van der Waals surface area contributed by atoms with Crippen LogP contribution in [-0.2, 0) is 18.8 Å². The van der Waals surface area contributed by atoms with Crippen molar-refractivity contribution in [2.45, 2.75) is 50.9 Å². The Morgan fingerprint density at radius 2 is 1.84 bits per heavy atom. The number of alkyl halides is 6. The van der Waals surface area contributed by atoms with Crippen LogP contribution in [0.15, 0.2) is 30.5 Å². The molecule has 3 aromatic rings. The number of aromatic nitrogens is 3. The Labute approximate surface area is 173 Å². The summed E-state index contributed by atoms with van der Waals surface area (Å²) in [7, 11) is 0. The first-order valence-electron chi connectivity index (χ1n) is 9.58. The van der Waals surface area contributed by atoms with E-state index in [2.05, 4.69) is 15.2 Å². The van der Waals surface area contributed by atoms with Crippen molar-refractivity contribution in [3.63, 3.8) is 0 Å². The summed E-state index contributed by atoms with van der Waals surface area (Å²) in [6, 6.07) is 4.12. The van der Waals surface area contributed by atoms with Crippen molar-refractivity contribution in [1.82, 2.24) is 15.2 Å². The highest BCUT2D eigenvalue weighted by Gasteiger charge is 2.37. The predicted molar refractivity (Wildman–Crippen MR) is 102 cm³/mol. The molecule has 166 valence electrons. The third kappa shape index (κ3) is 5.05. The first-order chi connectivity index (χ1) is 14.5. The minimum Gasteiger partial charge on any atom is -0.298 e. The van der Waals surface area contributed by atoms with E-state index in [0.29, 0.717) is 43.2 Å². The number of carbonyl (C=O) groups excluding carboxylic acids is 1. The fourth-order valence-electron chi connectivity index (χ4n) is 3.59. The van der Waals surface area contributed by atoms with Crippen molar-refractivity contribution in [3.8, 4) is 0 Å². The van der Waals surface area contributed by atoms with Gasteiger partial charge in [-0.2, -0.15) is 31.4 Å². The topological polar surface area (TPSA) is 58.6 Å². The Bertz CT molecular complexity index is 1070. The van der Waals surface area contributed by atoms with E-state index >= 15 is 0 Å². The maximum absolute atomic E-state index is 13.4. The number of benzene rings is 1. The van der Waals surface area contributed by atoms with E-state index in [1.165, 1.54) is 18.3 Å². The molecule has 0 fully saturated rings. The number of H-pyrrole nitrogens is 1. The molecule has 0 saturated heterocycles. The number of hydrogen-bond donors (Lipinski definition) is 1. The Hall–Kier alpha value is -2.91. The van der Waals surface area contributed by atoms with Crippen molar-refractivity contribution in [2.24, 2.45) is 0 Å². The van der Waals surface area contributed by atoms with Gasteiger partial charge in [-0.25, -0.2) is 4.98 Å². The molecule has 0 aliphatic heterocycles. The molecule has 31 heavy (non-hydrogen) atoms. The molecule has 1 unspecified atom stereocenters. The lowest BCUT2D eigenvalue weighted by atomic mass is 9.90. The normalized spacial score (nSPS) is 13.5. The highest BCUT2D eigenvalue weighted by Crippen LogP contribution is 2.40. The van der Waals surface area contributed by atoms with Crippen LogP contribution in [0.3, 0.4) is 0 Å². The van der Waals surface area contributed by atoms with Crippen LogP contribution in [0.4, 0.5) is 26.3 Å². The lowest BCUT2D eigenvalue weighted by molar-refractivity contribution is -0.142. The Morgan fingerprint density at radius 1 is 1.10 bits per heavy atom. The molecule has 0 bridgehead atoms. The van der Waals surface area contributed by atoms with Crippen LogP contribution >= 0.6 is 0 Å². The maximum Gasteiger partial charge on any atom is 0.433 e. The molecule has 2 aromatic heterocycles. The Kier molecular flexibility index (Phi) is 6.38. The number of para-hydroxylation sites is 1. The Balaban J connectivity index is 1.88. The largest absolute Gasteiger partial charge is 0.433 e. The molecule has 2 heterocycles. The number of hydrogen-bond acceptors (Lipinski definition) is 3. The second kappa shape index (κ2) is 8.68. The molecule has 0 aliphatic carbocycles. The number of aryl methyl sites for hydroxylation is 1. The number of nitrogens with one attached hydrogen (secondary N) is 1. The third-order valence-electron chi connectivity index (χ3n) is 5.19. The lowest BCUT2D eigenvalue weighted by Gasteiger charge is -2.19. The molecule has 0 amide bonds. The van der Waals surface area contributed by atoms with Crippen LogP contribution < -0.4 is 0 Å². The summed E-state index contributed by atoms with van der Waals surface area (Å²) in [5.74, 6) is -0.428. The van der Waals surface area contributed by atoms with Gasteiger partial charge in [-0.15, -0.1) is 0 Å². The number of pyridine rings is 1. The number of nitrogens with zero attached hydrogens (tertiary/aromatic N) is 2. The summed E-state index contributed by atoms with van der Waals surface area (Å²) in [5, 5.41) is 6.57. The molecule has 0 saturated carbocycles. The van der Waals surface area contributed by atoms with E-state index in [1.54, 1.807) is 6.92 Å². The van der Waals surface area contributed by atoms with E-state index in [-0.39, 0.29) is 10.9 Å². The van der Waals surface area contributed by atoms with Crippen LogP contribution in [0.25, 0.3) is 10.9 Å². The highest BCUT2D eigenvalue weighted by molar-refractivity contribution is 5.86. The zero-order chi connectivity index (χ0) is 22.8. The van der Waals surface area contributed by atoms with Crippen LogP contribution in [0.1, 0.15) is 65.0 Å². The standard InChI is InChI=1S/C21H19F6N3O/c1-12(5-2-3-8-17-13(11-31)10-28-30-17)15-9-18(21(25,26)27)29-19-14(15)6-4-7-16(19)20(22,23)24/h4,6-7,9-12H,2-3,5,8H2,1H3,(H,28,30). The number of unbranched alkanes of at least 4 members (excludes halogenated alkanes) is 1. The molecule has 1 aromatic carbocycles. The molecular weight excluding hydrogens is 424 g/mol.